The largest absolute Gasteiger partial charge is 0.368 e. The summed E-state index contributed by atoms with van der Waals surface area (Å²) in [5.41, 5.74) is 2.92. The Hall–Kier alpha value is -2.16. The van der Waals surface area contributed by atoms with Gasteiger partial charge in [-0.2, -0.15) is 9.82 Å². The van der Waals surface area contributed by atoms with E-state index in [9.17, 15) is 8.42 Å². The van der Waals surface area contributed by atoms with Gasteiger partial charge in [0.15, 0.2) is 0 Å². The maximum absolute atomic E-state index is 12.5. The molecule has 0 spiro atoms. The molecule has 0 aliphatic carbocycles. The van der Waals surface area contributed by atoms with Gasteiger partial charge in [-0.3, -0.25) is 4.90 Å². The Morgan fingerprint density at radius 2 is 2.04 bits per heavy atom. The number of hydrogen-bond donors (Lipinski definition) is 2. The Morgan fingerprint density at radius 3 is 2.74 bits per heavy atom. The summed E-state index contributed by atoms with van der Waals surface area (Å²) in [6, 6.07) is 7.07. The first-order chi connectivity index (χ1) is 13.0. The van der Waals surface area contributed by atoms with Gasteiger partial charge < -0.3 is 5.32 Å². The molecule has 7 nitrogen and oxygen atoms in total. The van der Waals surface area contributed by atoms with Crippen LogP contribution in [0.1, 0.15) is 24.1 Å². The monoisotopic (exact) mass is 387 g/mol. The van der Waals surface area contributed by atoms with E-state index in [-0.39, 0.29) is 12.1 Å². The van der Waals surface area contributed by atoms with Crippen LogP contribution in [-0.4, -0.2) is 42.4 Å². The van der Waals surface area contributed by atoms with Crippen LogP contribution in [-0.2, 0) is 16.6 Å². The topological polar surface area (TPSA) is 79.3 Å². The van der Waals surface area contributed by atoms with Crippen LogP contribution in [0.3, 0.4) is 0 Å². The highest BCUT2D eigenvalue weighted by Gasteiger charge is 2.35. The van der Waals surface area contributed by atoms with Crippen LogP contribution in [0.4, 0.5) is 5.69 Å². The van der Waals surface area contributed by atoms with Gasteiger partial charge in [0, 0.05) is 24.5 Å². The average Bonchev–Trinajstić information content (AvgIpc) is 3.01. The summed E-state index contributed by atoms with van der Waals surface area (Å²) in [6.07, 6.45) is 5.34. The van der Waals surface area contributed by atoms with Crippen molar-refractivity contribution in [1.82, 2.24) is 19.4 Å². The molecule has 2 aliphatic rings. The van der Waals surface area contributed by atoms with Gasteiger partial charge >= 0.3 is 0 Å². The number of nitrogens with one attached hydrogen (secondary N) is 2. The zero-order valence-corrected chi connectivity index (χ0v) is 16.2. The highest BCUT2D eigenvalue weighted by atomic mass is 32.2. The van der Waals surface area contributed by atoms with Crippen molar-refractivity contribution in [3.8, 4) is 0 Å². The van der Waals surface area contributed by atoms with Crippen molar-refractivity contribution in [3.63, 3.8) is 0 Å². The third-order valence-corrected chi connectivity index (χ3v) is 6.97. The van der Waals surface area contributed by atoms with Gasteiger partial charge in [0.05, 0.1) is 17.5 Å². The van der Waals surface area contributed by atoms with Gasteiger partial charge in [-0.05, 0) is 50.9 Å². The van der Waals surface area contributed by atoms with Crippen LogP contribution < -0.4 is 10.0 Å². The number of aromatic nitrogens is 2. The minimum absolute atomic E-state index is 0.252. The fraction of sp³-hybridized carbons (Fsp3) is 0.421. The summed E-state index contributed by atoms with van der Waals surface area (Å²) in [5.74, 6) is 0.265. The fourth-order valence-corrected chi connectivity index (χ4v) is 5.30. The maximum atomic E-state index is 12.5. The van der Waals surface area contributed by atoms with Crippen molar-refractivity contribution in [3.05, 3.63) is 48.3 Å². The number of likely N-dealkylation sites (tertiary alicyclic amines) is 1. The van der Waals surface area contributed by atoms with E-state index in [1.165, 1.54) is 5.56 Å². The number of rotatable bonds is 4. The molecule has 1 aromatic heterocycles. The van der Waals surface area contributed by atoms with Crippen molar-refractivity contribution in [2.24, 2.45) is 5.92 Å². The molecule has 1 saturated heterocycles. The molecule has 0 amide bonds. The molecular weight excluding hydrogens is 362 g/mol. The first-order valence-electron chi connectivity index (χ1n) is 9.24. The Labute approximate surface area is 160 Å². The molecule has 144 valence electrons. The van der Waals surface area contributed by atoms with E-state index in [4.69, 9.17) is 0 Å². The van der Waals surface area contributed by atoms with Gasteiger partial charge in [0.2, 0.25) is 10.0 Å². The molecule has 8 heteroatoms. The molecule has 2 aliphatic heterocycles. The molecule has 0 unspecified atom stereocenters. The Morgan fingerprint density at radius 1 is 1.30 bits per heavy atom. The first-order valence-corrected chi connectivity index (χ1v) is 10.7. The second kappa shape index (κ2) is 7.10. The number of benzene rings is 1. The SMILES string of the molecule is C=Cn1cc(CN2CCC([C@@H]3Nc4ccccc4S(=O)(=O)N3)CC2)c(C)n1. The quantitative estimate of drug-likeness (QED) is 0.841. The molecule has 1 aromatic carbocycles. The van der Waals surface area contributed by atoms with Gasteiger partial charge in [-0.25, -0.2) is 13.1 Å². The molecule has 4 rings (SSSR count). The van der Waals surface area contributed by atoms with Crippen molar-refractivity contribution >= 4 is 21.9 Å². The summed E-state index contributed by atoms with van der Waals surface area (Å²) in [4.78, 5) is 2.73. The Balaban J connectivity index is 1.40. The number of para-hydroxylation sites is 1. The van der Waals surface area contributed by atoms with Gasteiger partial charge in [-0.1, -0.05) is 18.7 Å². The number of sulfonamides is 1. The fourth-order valence-electron chi connectivity index (χ4n) is 3.92. The lowest BCUT2D eigenvalue weighted by Gasteiger charge is -2.38. The summed E-state index contributed by atoms with van der Waals surface area (Å²) < 4.78 is 29.6. The van der Waals surface area contributed by atoms with Gasteiger partial charge in [-0.15, -0.1) is 0 Å². The molecule has 2 aromatic rings. The van der Waals surface area contributed by atoms with E-state index < -0.39 is 10.0 Å². The first kappa shape index (κ1) is 18.2. The zero-order chi connectivity index (χ0) is 19.0. The minimum Gasteiger partial charge on any atom is -0.368 e. The lowest BCUT2D eigenvalue weighted by molar-refractivity contribution is 0.163. The lowest BCUT2D eigenvalue weighted by atomic mass is 9.93. The second-order valence-corrected chi connectivity index (χ2v) is 8.94. The van der Waals surface area contributed by atoms with Crippen LogP contribution >= 0.6 is 0 Å². The number of hydrogen-bond acceptors (Lipinski definition) is 5. The highest BCUT2D eigenvalue weighted by molar-refractivity contribution is 7.89. The number of piperidine rings is 1. The van der Waals surface area contributed by atoms with Crippen molar-refractivity contribution in [1.29, 1.82) is 0 Å². The molecule has 0 bridgehead atoms. The lowest BCUT2D eigenvalue weighted by Crippen LogP contribution is -2.51. The van der Waals surface area contributed by atoms with Gasteiger partial charge in [0.25, 0.3) is 0 Å². The van der Waals surface area contributed by atoms with Crippen LogP contribution in [0.25, 0.3) is 6.20 Å². The van der Waals surface area contributed by atoms with E-state index >= 15 is 0 Å². The smallest absolute Gasteiger partial charge is 0.244 e. The van der Waals surface area contributed by atoms with Crippen molar-refractivity contribution in [2.45, 2.75) is 37.4 Å². The molecule has 1 atom stereocenters. The molecule has 0 saturated carbocycles. The predicted octanol–water partition coefficient (Wildman–Crippen LogP) is 2.23. The molecule has 2 N–H and O–H groups in total. The average molecular weight is 388 g/mol. The number of anilines is 1. The summed E-state index contributed by atoms with van der Waals surface area (Å²) in [7, 11) is -3.45. The van der Waals surface area contributed by atoms with Gasteiger partial charge in [0.1, 0.15) is 4.90 Å². The highest BCUT2D eigenvalue weighted by Crippen LogP contribution is 2.31. The van der Waals surface area contributed by atoms with Crippen molar-refractivity contribution in [2.75, 3.05) is 18.4 Å². The van der Waals surface area contributed by atoms with E-state index in [0.29, 0.717) is 10.6 Å². The molecular formula is C19H25N5O2S. The van der Waals surface area contributed by atoms with E-state index in [0.717, 1.165) is 38.2 Å². The molecule has 1 fully saturated rings. The van der Waals surface area contributed by atoms with Crippen LogP contribution in [0.2, 0.25) is 0 Å². The minimum atomic E-state index is -3.45. The van der Waals surface area contributed by atoms with Crippen LogP contribution in [0, 0.1) is 12.8 Å². The number of fused-ring (bicyclic) bond motifs is 1. The molecule has 3 heterocycles. The zero-order valence-electron chi connectivity index (χ0n) is 15.4. The van der Waals surface area contributed by atoms with Crippen LogP contribution in [0.5, 0.6) is 0 Å². The Kier molecular flexibility index (Phi) is 4.79. The molecule has 0 radical (unpaired) electrons. The predicted molar refractivity (Wildman–Crippen MR) is 106 cm³/mol. The summed E-state index contributed by atoms with van der Waals surface area (Å²) in [6.45, 7) is 8.49. The third kappa shape index (κ3) is 3.65. The summed E-state index contributed by atoms with van der Waals surface area (Å²) >= 11 is 0. The number of nitrogens with zero attached hydrogens (tertiary/aromatic N) is 3. The second-order valence-electron chi connectivity index (χ2n) is 7.26. The third-order valence-electron chi connectivity index (χ3n) is 5.47. The van der Waals surface area contributed by atoms with Crippen molar-refractivity contribution < 1.29 is 8.42 Å². The van der Waals surface area contributed by atoms with E-state index in [1.54, 1.807) is 23.0 Å². The maximum Gasteiger partial charge on any atom is 0.244 e. The number of aryl methyl sites for hydroxylation is 1. The normalized spacial score (nSPS) is 22.8. The Bertz CT molecular complexity index is 945. The summed E-state index contributed by atoms with van der Waals surface area (Å²) in [5, 5.41) is 7.78. The molecule has 27 heavy (non-hydrogen) atoms. The van der Waals surface area contributed by atoms with Crippen LogP contribution in [0.15, 0.2) is 41.9 Å². The standard InChI is InChI=1S/C19H25N5O2S/c1-3-24-13-16(14(2)21-24)12-23-10-8-15(9-11-23)19-20-17-6-4-5-7-18(17)27(25,26)22-19/h3-7,13,15,19-20,22H,1,8-12H2,2H3/t19-/m1/s1. The van der Waals surface area contributed by atoms with E-state index in [2.05, 4.69) is 26.6 Å². The van der Waals surface area contributed by atoms with E-state index in [1.807, 2.05) is 25.3 Å².